The lowest BCUT2D eigenvalue weighted by atomic mass is 9.98. The maximum atomic E-state index is 12.0. The van der Waals surface area contributed by atoms with Crippen LogP contribution in [-0.2, 0) is 11.3 Å². The summed E-state index contributed by atoms with van der Waals surface area (Å²) in [4.78, 5) is 14.0. The lowest BCUT2D eigenvalue weighted by Crippen LogP contribution is -2.40. The van der Waals surface area contributed by atoms with Crippen molar-refractivity contribution in [2.24, 2.45) is 11.7 Å². The van der Waals surface area contributed by atoms with Crippen LogP contribution in [0.4, 0.5) is 0 Å². The predicted octanol–water partition coefficient (Wildman–Crippen LogP) is 2.16. The van der Waals surface area contributed by atoms with Crippen LogP contribution in [0.3, 0.4) is 0 Å². The number of hydrogen-bond donors (Lipinski definition) is 1. The van der Waals surface area contributed by atoms with Gasteiger partial charge in [-0.2, -0.15) is 0 Å². The van der Waals surface area contributed by atoms with E-state index in [0.717, 1.165) is 6.42 Å². The zero-order valence-corrected chi connectivity index (χ0v) is 11.2. The third-order valence-corrected chi connectivity index (χ3v) is 3.53. The average molecular weight is 246 g/mol. The van der Waals surface area contributed by atoms with Gasteiger partial charge < -0.3 is 10.6 Å². The molecule has 3 nitrogen and oxygen atoms in total. The van der Waals surface area contributed by atoms with Crippen LogP contribution in [0, 0.1) is 5.92 Å². The van der Waals surface area contributed by atoms with E-state index in [1.807, 2.05) is 23.1 Å². The van der Waals surface area contributed by atoms with Gasteiger partial charge in [-0.05, 0) is 17.9 Å². The van der Waals surface area contributed by atoms with Gasteiger partial charge in [-0.25, -0.2) is 0 Å². The van der Waals surface area contributed by atoms with Crippen LogP contribution in [-0.4, -0.2) is 22.9 Å². The second-order valence-electron chi connectivity index (χ2n) is 5.57. The van der Waals surface area contributed by atoms with E-state index in [1.54, 1.807) is 0 Å². The molecule has 2 unspecified atom stereocenters. The Kier molecular flexibility index (Phi) is 4.02. The van der Waals surface area contributed by atoms with E-state index in [-0.39, 0.29) is 18.0 Å². The van der Waals surface area contributed by atoms with Gasteiger partial charge in [-0.15, -0.1) is 0 Å². The molecule has 1 aromatic rings. The standard InChI is InChI=1S/C15H22N2O/c1-11(2)8-14-13(16)9-15(18)17(14)10-12-6-4-3-5-7-12/h3-7,11,13-14H,8-10,16H2,1-2H3. The fourth-order valence-electron chi connectivity index (χ4n) is 2.64. The van der Waals surface area contributed by atoms with E-state index in [2.05, 4.69) is 26.0 Å². The smallest absolute Gasteiger partial charge is 0.224 e. The molecule has 1 aromatic carbocycles. The number of likely N-dealkylation sites (tertiary alicyclic amines) is 1. The lowest BCUT2D eigenvalue weighted by molar-refractivity contribution is -0.129. The summed E-state index contributed by atoms with van der Waals surface area (Å²) in [6, 6.07) is 10.3. The zero-order chi connectivity index (χ0) is 13.1. The number of benzene rings is 1. The van der Waals surface area contributed by atoms with Crippen LogP contribution in [0.2, 0.25) is 0 Å². The number of nitrogens with zero attached hydrogens (tertiary/aromatic N) is 1. The molecule has 0 radical (unpaired) electrons. The first-order chi connectivity index (χ1) is 8.58. The molecule has 2 rings (SSSR count). The summed E-state index contributed by atoms with van der Waals surface area (Å²) >= 11 is 0. The van der Waals surface area contributed by atoms with E-state index in [1.165, 1.54) is 5.56 Å². The van der Waals surface area contributed by atoms with Gasteiger partial charge in [0.15, 0.2) is 0 Å². The van der Waals surface area contributed by atoms with E-state index in [9.17, 15) is 4.79 Å². The molecule has 1 aliphatic rings. The molecule has 2 atom stereocenters. The molecule has 1 heterocycles. The van der Waals surface area contributed by atoms with Crippen molar-refractivity contribution in [1.29, 1.82) is 0 Å². The van der Waals surface area contributed by atoms with Crippen LogP contribution >= 0.6 is 0 Å². The molecular weight excluding hydrogens is 224 g/mol. The van der Waals surface area contributed by atoms with Crippen molar-refractivity contribution in [2.45, 2.75) is 45.3 Å². The van der Waals surface area contributed by atoms with Gasteiger partial charge in [-0.1, -0.05) is 44.2 Å². The Labute approximate surface area is 109 Å². The largest absolute Gasteiger partial charge is 0.334 e. The predicted molar refractivity (Wildman–Crippen MR) is 72.8 cm³/mol. The highest BCUT2D eigenvalue weighted by molar-refractivity contribution is 5.80. The number of carbonyl (C=O) groups excluding carboxylic acids is 1. The highest BCUT2D eigenvalue weighted by atomic mass is 16.2. The fraction of sp³-hybridized carbons (Fsp3) is 0.533. The molecule has 18 heavy (non-hydrogen) atoms. The maximum Gasteiger partial charge on any atom is 0.224 e. The molecule has 0 bridgehead atoms. The molecule has 1 saturated heterocycles. The minimum Gasteiger partial charge on any atom is -0.334 e. The highest BCUT2D eigenvalue weighted by Crippen LogP contribution is 2.25. The van der Waals surface area contributed by atoms with Gasteiger partial charge in [0, 0.05) is 25.0 Å². The summed E-state index contributed by atoms with van der Waals surface area (Å²) in [6.45, 7) is 5.04. The fourth-order valence-corrected chi connectivity index (χ4v) is 2.64. The minimum absolute atomic E-state index is 0.0105. The molecule has 2 N–H and O–H groups in total. The summed E-state index contributed by atoms with van der Waals surface area (Å²) in [7, 11) is 0. The van der Waals surface area contributed by atoms with Gasteiger partial charge >= 0.3 is 0 Å². The summed E-state index contributed by atoms with van der Waals surface area (Å²) in [5.74, 6) is 0.752. The topological polar surface area (TPSA) is 46.3 Å². The molecule has 0 aromatic heterocycles. The van der Waals surface area contributed by atoms with Crippen molar-refractivity contribution in [3.63, 3.8) is 0 Å². The molecule has 1 aliphatic heterocycles. The van der Waals surface area contributed by atoms with Crippen molar-refractivity contribution >= 4 is 5.91 Å². The van der Waals surface area contributed by atoms with Crippen molar-refractivity contribution < 1.29 is 4.79 Å². The number of rotatable bonds is 4. The van der Waals surface area contributed by atoms with Crippen LogP contribution in [0.15, 0.2) is 30.3 Å². The molecule has 3 heteroatoms. The van der Waals surface area contributed by atoms with Crippen LogP contribution in [0.25, 0.3) is 0 Å². The second-order valence-corrected chi connectivity index (χ2v) is 5.57. The first kappa shape index (κ1) is 13.1. The number of carbonyl (C=O) groups is 1. The van der Waals surface area contributed by atoms with Gasteiger partial charge in [0.05, 0.1) is 0 Å². The Balaban J connectivity index is 2.11. The summed E-state index contributed by atoms with van der Waals surface area (Å²) in [5, 5.41) is 0. The second kappa shape index (κ2) is 5.53. The maximum absolute atomic E-state index is 12.0. The van der Waals surface area contributed by atoms with E-state index in [4.69, 9.17) is 5.73 Å². The first-order valence-electron chi connectivity index (χ1n) is 6.67. The van der Waals surface area contributed by atoms with E-state index < -0.39 is 0 Å². The first-order valence-corrected chi connectivity index (χ1v) is 6.67. The Bertz CT molecular complexity index is 402. The average Bonchev–Trinajstić information content (AvgIpc) is 2.57. The number of amides is 1. The van der Waals surface area contributed by atoms with Crippen molar-refractivity contribution in [2.75, 3.05) is 0 Å². The van der Waals surface area contributed by atoms with Gasteiger partial charge in [0.25, 0.3) is 0 Å². The molecule has 98 valence electrons. The Hall–Kier alpha value is -1.35. The SMILES string of the molecule is CC(C)CC1C(N)CC(=O)N1Cc1ccccc1. The lowest BCUT2D eigenvalue weighted by Gasteiger charge is -2.28. The quantitative estimate of drug-likeness (QED) is 0.885. The van der Waals surface area contributed by atoms with Gasteiger partial charge in [0.1, 0.15) is 0 Å². The van der Waals surface area contributed by atoms with E-state index in [0.29, 0.717) is 18.9 Å². The number of hydrogen-bond acceptors (Lipinski definition) is 2. The molecular formula is C15H22N2O. The molecule has 0 saturated carbocycles. The van der Waals surface area contributed by atoms with Crippen LogP contribution in [0.5, 0.6) is 0 Å². The van der Waals surface area contributed by atoms with E-state index >= 15 is 0 Å². The van der Waals surface area contributed by atoms with Gasteiger partial charge in [-0.3, -0.25) is 4.79 Å². The molecule has 0 aliphatic carbocycles. The Morgan fingerprint density at radius 3 is 2.61 bits per heavy atom. The normalized spacial score (nSPS) is 24.0. The third-order valence-electron chi connectivity index (χ3n) is 3.53. The number of nitrogens with two attached hydrogens (primary N) is 1. The third kappa shape index (κ3) is 2.91. The summed E-state index contributed by atoms with van der Waals surface area (Å²) < 4.78 is 0. The molecule has 1 amide bonds. The molecule has 0 spiro atoms. The minimum atomic E-state index is -0.0105. The highest BCUT2D eigenvalue weighted by Gasteiger charge is 2.37. The van der Waals surface area contributed by atoms with Crippen LogP contribution < -0.4 is 5.73 Å². The molecule has 1 fully saturated rings. The van der Waals surface area contributed by atoms with Crippen molar-refractivity contribution in [3.05, 3.63) is 35.9 Å². The Morgan fingerprint density at radius 1 is 1.33 bits per heavy atom. The Morgan fingerprint density at radius 2 is 2.00 bits per heavy atom. The van der Waals surface area contributed by atoms with Gasteiger partial charge in [0.2, 0.25) is 5.91 Å². The summed E-state index contributed by atoms with van der Waals surface area (Å²) in [6.07, 6.45) is 1.48. The van der Waals surface area contributed by atoms with Crippen molar-refractivity contribution in [3.8, 4) is 0 Å². The zero-order valence-electron chi connectivity index (χ0n) is 11.2. The van der Waals surface area contributed by atoms with Crippen molar-refractivity contribution in [1.82, 2.24) is 4.90 Å². The van der Waals surface area contributed by atoms with Crippen LogP contribution in [0.1, 0.15) is 32.3 Å². The monoisotopic (exact) mass is 246 g/mol. The summed E-state index contributed by atoms with van der Waals surface area (Å²) in [5.41, 5.74) is 7.27.